The summed E-state index contributed by atoms with van der Waals surface area (Å²) in [4.78, 5) is 28.9. The number of hydrogen-bond acceptors (Lipinski definition) is 11. The normalized spacial score (nSPS) is 16.9. The van der Waals surface area contributed by atoms with Crippen LogP contribution in [-0.4, -0.2) is 53.4 Å². The number of anilines is 1. The van der Waals surface area contributed by atoms with E-state index in [9.17, 15) is 14.7 Å². The van der Waals surface area contributed by atoms with E-state index in [2.05, 4.69) is 24.0 Å². The van der Waals surface area contributed by atoms with Gasteiger partial charge in [-0.1, -0.05) is 66.7 Å². The summed E-state index contributed by atoms with van der Waals surface area (Å²) in [5.41, 5.74) is 1.77. The third-order valence-corrected chi connectivity index (χ3v) is 10.1. The predicted octanol–water partition coefficient (Wildman–Crippen LogP) is 7.70. The molecule has 1 saturated heterocycles. The summed E-state index contributed by atoms with van der Waals surface area (Å²) in [5.74, 6) is 0.991. The Hall–Kier alpha value is -4.26. The Balaban J connectivity index is 1.40. The maximum absolute atomic E-state index is 13.8. The molecule has 1 aromatic heterocycles. The highest BCUT2D eigenvalue weighted by Gasteiger charge is 2.48. The third kappa shape index (κ3) is 7.25. The molecule has 0 radical (unpaired) electrons. The summed E-state index contributed by atoms with van der Waals surface area (Å²) in [7, 11) is 0. The minimum Gasteiger partial charge on any atom is -0.507 e. The highest BCUT2D eigenvalue weighted by molar-refractivity contribution is 8.00. The molecule has 2 aliphatic heterocycles. The average Bonchev–Trinajstić information content (AvgIpc) is 3.66. The van der Waals surface area contributed by atoms with Crippen molar-refractivity contribution in [2.75, 3.05) is 31.3 Å². The molecular weight excluding hydrogens is 674 g/mol. The lowest BCUT2D eigenvalue weighted by Crippen LogP contribution is -2.29. The fourth-order valence-electron chi connectivity index (χ4n) is 5.26. The molecule has 2 aliphatic rings. The first-order valence-corrected chi connectivity index (χ1v) is 17.7. The fourth-order valence-corrected chi connectivity index (χ4v) is 7.21. The number of aliphatic hydroxyl groups is 1. The summed E-state index contributed by atoms with van der Waals surface area (Å²) >= 11 is 8.67. The molecule has 1 amide bonds. The predicted molar refractivity (Wildman–Crippen MR) is 186 cm³/mol. The molecule has 1 atom stereocenters. The number of amides is 1. The van der Waals surface area contributed by atoms with Crippen molar-refractivity contribution < 1.29 is 33.6 Å². The SMILES string of the molecule is CCOc1cc([C@@H]2C(=C(O)c3ccc4c(c3)OCCO4)C(=O)C(=O)N2c2nnc(SCc3ccc(Cl)cc3)s2)ccc1OCCC(C)C. The van der Waals surface area contributed by atoms with Gasteiger partial charge in [-0.2, -0.15) is 0 Å². The van der Waals surface area contributed by atoms with Crippen LogP contribution in [0.2, 0.25) is 5.02 Å². The zero-order valence-corrected chi connectivity index (χ0v) is 29.0. The number of ether oxygens (including phenoxy) is 4. The maximum Gasteiger partial charge on any atom is 0.301 e. The maximum atomic E-state index is 13.8. The van der Waals surface area contributed by atoms with Gasteiger partial charge in [-0.25, -0.2) is 0 Å². The van der Waals surface area contributed by atoms with Crippen LogP contribution in [-0.2, 0) is 15.3 Å². The number of hydrogen-bond donors (Lipinski definition) is 1. The molecule has 250 valence electrons. The van der Waals surface area contributed by atoms with Crippen LogP contribution in [0.4, 0.5) is 5.13 Å². The van der Waals surface area contributed by atoms with Crippen LogP contribution in [0.15, 0.2) is 70.6 Å². The molecule has 3 aromatic carbocycles. The molecule has 0 unspecified atom stereocenters. The molecule has 10 nitrogen and oxygen atoms in total. The van der Waals surface area contributed by atoms with Crippen molar-refractivity contribution in [1.82, 2.24) is 10.2 Å². The molecule has 0 aliphatic carbocycles. The first-order valence-electron chi connectivity index (χ1n) is 15.5. The Labute approximate surface area is 291 Å². The first kappa shape index (κ1) is 33.6. The second-order valence-electron chi connectivity index (χ2n) is 11.5. The Morgan fingerprint density at radius 2 is 1.79 bits per heavy atom. The van der Waals surface area contributed by atoms with Crippen LogP contribution in [0.25, 0.3) is 5.76 Å². The molecule has 3 heterocycles. The zero-order chi connectivity index (χ0) is 33.8. The number of rotatable bonds is 12. The van der Waals surface area contributed by atoms with E-state index < -0.39 is 17.7 Å². The molecule has 48 heavy (non-hydrogen) atoms. The van der Waals surface area contributed by atoms with Crippen molar-refractivity contribution in [3.05, 3.63) is 87.9 Å². The van der Waals surface area contributed by atoms with Crippen molar-refractivity contribution in [2.45, 2.75) is 43.3 Å². The van der Waals surface area contributed by atoms with Crippen molar-refractivity contribution in [1.29, 1.82) is 0 Å². The highest BCUT2D eigenvalue weighted by Crippen LogP contribution is 2.46. The Morgan fingerprint density at radius 1 is 1.02 bits per heavy atom. The lowest BCUT2D eigenvalue weighted by Gasteiger charge is -2.24. The van der Waals surface area contributed by atoms with E-state index in [1.807, 2.05) is 31.2 Å². The van der Waals surface area contributed by atoms with Crippen LogP contribution < -0.4 is 23.8 Å². The Bertz CT molecular complexity index is 1840. The number of fused-ring (bicyclic) bond motifs is 1. The highest BCUT2D eigenvalue weighted by atomic mass is 35.5. The second-order valence-corrected chi connectivity index (χ2v) is 14.1. The van der Waals surface area contributed by atoms with Gasteiger partial charge in [0.15, 0.2) is 27.3 Å². The summed E-state index contributed by atoms with van der Waals surface area (Å²) < 4.78 is 24.0. The van der Waals surface area contributed by atoms with Crippen molar-refractivity contribution in [3.63, 3.8) is 0 Å². The van der Waals surface area contributed by atoms with E-state index >= 15 is 0 Å². The van der Waals surface area contributed by atoms with E-state index in [-0.39, 0.29) is 16.5 Å². The number of halogens is 1. The monoisotopic (exact) mass is 707 g/mol. The molecule has 0 saturated carbocycles. The third-order valence-electron chi connectivity index (χ3n) is 7.67. The van der Waals surface area contributed by atoms with Gasteiger partial charge in [-0.15, -0.1) is 10.2 Å². The lowest BCUT2D eigenvalue weighted by atomic mass is 9.95. The molecule has 13 heteroatoms. The molecule has 0 spiro atoms. The minimum atomic E-state index is -1.04. The minimum absolute atomic E-state index is 0.0989. The van der Waals surface area contributed by atoms with Crippen LogP contribution in [0.1, 0.15) is 49.9 Å². The molecule has 1 N–H and O–H groups in total. The number of aromatic nitrogens is 2. The van der Waals surface area contributed by atoms with Crippen LogP contribution in [0.5, 0.6) is 23.0 Å². The van der Waals surface area contributed by atoms with Gasteiger partial charge in [0.1, 0.15) is 19.0 Å². The number of ketones is 1. The molecule has 6 rings (SSSR count). The van der Waals surface area contributed by atoms with Gasteiger partial charge in [0.2, 0.25) is 5.13 Å². The molecular formula is C35H34ClN3O7S2. The summed E-state index contributed by atoms with van der Waals surface area (Å²) in [6.07, 6.45) is 0.860. The molecule has 1 fully saturated rings. The number of benzene rings is 3. The van der Waals surface area contributed by atoms with E-state index in [1.54, 1.807) is 36.4 Å². The number of carbonyl (C=O) groups is 2. The number of carbonyl (C=O) groups excluding carboxylic acids is 2. The number of Topliss-reactive ketones (excluding diaryl/α,β-unsaturated/α-hetero) is 1. The van der Waals surface area contributed by atoms with E-state index in [1.165, 1.54) is 28.0 Å². The van der Waals surface area contributed by atoms with Gasteiger partial charge in [0.05, 0.1) is 24.8 Å². The Kier molecular flexibility index (Phi) is 10.4. The number of nitrogens with zero attached hydrogens (tertiary/aromatic N) is 3. The first-order chi connectivity index (χ1) is 23.2. The van der Waals surface area contributed by atoms with Gasteiger partial charge >= 0.3 is 5.91 Å². The van der Waals surface area contributed by atoms with E-state index in [4.69, 9.17) is 30.5 Å². The van der Waals surface area contributed by atoms with E-state index in [0.29, 0.717) is 81.6 Å². The smallest absolute Gasteiger partial charge is 0.301 e. The van der Waals surface area contributed by atoms with Crippen LogP contribution in [0, 0.1) is 5.92 Å². The topological polar surface area (TPSA) is 120 Å². The second kappa shape index (κ2) is 14.9. The van der Waals surface area contributed by atoms with Gasteiger partial charge in [-0.3, -0.25) is 14.5 Å². The standard InChI is InChI=1S/C35H34ClN3O7S2/c1-4-43-27-17-22(7-11-25(27)44-14-13-20(2)3)30-29(31(40)23-8-12-26-28(18-23)46-16-15-45-26)32(41)33(42)39(30)34-37-38-35(48-34)47-19-21-5-9-24(36)10-6-21/h5-12,17-18,20,30,40H,4,13-16,19H2,1-3H3/t30-/m1/s1. The van der Waals surface area contributed by atoms with Crippen LogP contribution in [0.3, 0.4) is 0 Å². The van der Waals surface area contributed by atoms with Crippen LogP contribution >= 0.6 is 34.7 Å². The van der Waals surface area contributed by atoms with Gasteiger partial charge in [0, 0.05) is 16.3 Å². The quantitative estimate of drug-likeness (QED) is 0.0516. The van der Waals surface area contributed by atoms with Crippen molar-refractivity contribution in [3.8, 4) is 23.0 Å². The fraction of sp³-hybridized carbons (Fsp3) is 0.314. The summed E-state index contributed by atoms with van der Waals surface area (Å²) in [6.45, 7) is 7.73. The molecule has 4 aromatic rings. The zero-order valence-electron chi connectivity index (χ0n) is 26.6. The average molecular weight is 708 g/mol. The summed E-state index contributed by atoms with van der Waals surface area (Å²) in [5, 5.41) is 21.2. The van der Waals surface area contributed by atoms with Crippen molar-refractivity contribution in [2.24, 2.45) is 5.92 Å². The summed E-state index contributed by atoms with van der Waals surface area (Å²) in [6, 6.07) is 16.6. The largest absolute Gasteiger partial charge is 0.507 e. The molecule has 0 bridgehead atoms. The van der Waals surface area contributed by atoms with E-state index in [0.717, 1.165) is 12.0 Å². The number of aliphatic hydroxyl groups excluding tert-OH is 1. The Morgan fingerprint density at radius 3 is 2.54 bits per heavy atom. The van der Waals surface area contributed by atoms with Gasteiger partial charge in [0.25, 0.3) is 5.78 Å². The van der Waals surface area contributed by atoms with Gasteiger partial charge in [-0.05, 0) is 72.9 Å². The van der Waals surface area contributed by atoms with Crippen molar-refractivity contribution >= 4 is 57.3 Å². The number of thioether (sulfide) groups is 1. The lowest BCUT2D eigenvalue weighted by molar-refractivity contribution is -0.132. The van der Waals surface area contributed by atoms with Gasteiger partial charge < -0.3 is 24.1 Å².